The van der Waals surface area contributed by atoms with Gasteiger partial charge in [0.05, 0.1) is 4.90 Å². The lowest BCUT2D eigenvalue weighted by atomic mass is 10.2. The number of sulfone groups is 1. The van der Waals surface area contributed by atoms with Crippen molar-refractivity contribution in [3.05, 3.63) is 54.1 Å². The molecule has 2 aromatic carbocycles. The molecule has 0 bridgehead atoms. The highest BCUT2D eigenvalue weighted by Gasteiger charge is 2.20. The Bertz CT molecular complexity index is 628. The molecule has 2 aromatic rings. The monoisotopic (exact) mass is 248 g/mol. The van der Waals surface area contributed by atoms with Crippen molar-refractivity contribution < 1.29 is 13.5 Å². The first-order chi connectivity index (χ1) is 8.01. The predicted octanol–water partition coefficient (Wildman–Crippen LogP) is 2.53. The number of para-hydroxylation sites is 1. The van der Waals surface area contributed by atoms with E-state index in [0.29, 0.717) is 0 Å². The quantitative estimate of drug-likeness (QED) is 0.888. The Morgan fingerprint density at radius 2 is 1.53 bits per heavy atom. The lowest BCUT2D eigenvalue weighted by Crippen LogP contribution is -2.02. The van der Waals surface area contributed by atoms with Gasteiger partial charge >= 0.3 is 0 Å². The third-order valence-electron chi connectivity index (χ3n) is 2.49. The minimum Gasteiger partial charge on any atom is -0.507 e. The molecule has 0 saturated heterocycles. The molecule has 0 fully saturated rings. The minimum atomic E-state index is -3.64. The van der Waals surface area contributed by atoms with Crippen LogP contribution >= 0.6 is 0 Å². The molecule has 4 heteroatoms. The maximum atomic E-state index is 12.2. The summed E-state index contributed by atoms with van der Waals surface area (Å²) in [6, 6.07) is 12.5. The number of hydrogen-bond donors (Lipinski definition) is 1. The Kier molecular flexibility index (Phi) is 2.90. The first-order valence-corrected chi connectivity index (χ1v) is 6.60. The highest BCUT2D eigenvalue weighted by molar-refractivity contribution is 7.91. The summed E-state index contributed by atoms with van der Waals surface area (Å²) < 4.78 is 24.4. The van der Waals surface area contributed by atoms with E-state index in [-0.39, 0.29) is 15.5 Å². The van der Waals surface area contributed by atoms with Crippen molar-refractivity contribution in [2.24, 2.45) is 0 Å². The first-order valence-electron chi connectivity index (χ1n) is 5.11. The average molecular weight is 248 g/mol. The van der Waals surface area contributed by atoms with Crippen LogP contribution in [0.2, 0.25) is 0 Å². The van der Waals surface area contributed by atoms with Gasteiger partial charge in [0, 0.05) is 0 Å². The Balaban J connectivity index is 2.58. The zero-order chi connectivity index (χ0) is 12.5. The van der Waals surface area contributed by atoms with Crippen LogP contribution < -0.4 is 0 Å². The summed E-state index contributed by atoms with van der Waals surface area (Å²) in [4.78, 5) is 0.119. The second-order valence-electron chi connectivity index (χ2n) is 3.78. The largest absolute Gasteiger partial charge is 0.507 e. The molecule has 0 atom stereocenters. The fraction of sp³-hybridized carbons (Fsp3) is 0.0769. The first kappa shape index (κ1) is 11.7. The lowest BCUT2D eigenvalue weighted by molar-refractivity contribution is 0.459. The summed E-state index contributed by atoms with van der Waals surface area (Å²) in [6.45, 7) is 1.89. The topological polar surface area (TPSA) is 54.4 Å². The summed E-state index contributed by atoms with van der Waals surface area (Å²) in [5, 5.41) is 9.58. The highest BCUT2D eigenvalue weighted by atomic mass is 32.2. The second kappa shape index (κ2) is 4.22. The van der Waals surface area contributed by atoms with Crippen LogP contribution in [0.4, 0.5) is 0 Å². The van der Waals surface area contributed by atoms with Crippen molar-refractivity contribution in [1.82, 2.24) is 0 Å². The number of benzene rings is 2. The fourth-order valence-corrected chi connectivity index (χ4v) is 2.88. The van der Waals surface area contributed by atoms with Crippen molar-refractivity contribution in [2.45, 2.75) is 16.7 Å². The summed E-state index contributed by atoms with van der Waals surface area (Å²) in [5.74, 6) is -0.229. The van der Waals surface area contributed by atoms with Gasteiger partial charge in [0.1, 0.15) is 10.6 Å². The molecular weight excluding hydrogens is 236 g/mol. The van der Waals surface area contributed by atoms with Gasteiger partial charge < -0.3 is 5.11 Å². The van der Waals surface area contributed by atoms with Gasteiger partial charge in [-0.3, -0.25) is 0 Å². The van der Waals surface area contributed by atoms with Crippen LogP contribution in [0.1, 0.15) is 5.56 Å². The number of rotatable bonds is 2. The molecular formula is C13H12O3S. The molecule has 1 N–H and O–H groups in total. The van der Waals surface area contributed by atoms with Crippen molar-refractivity contribution >= 4 is 9.84 Å². The van der Waals surface area contributed by atoms with Gasteiger partial charge in [0.25, 0.3) is 0 Å². The molecule has 17 heavy (non-hydrogen) atoms. The van der Waals surface area contributed by atoms with Gasteiger partial charge in [-0.1, -0.05) is 29.8 Å². The van der Waals surface area contributed by atoms with Crippen LogP contribution in [0.3, 0.4) is 0 Å². The molecule has 0 radical (unpaired) electrons. The van der Waals surface area contributed by atoms with Crippen LogP contribution in [-0.4, -0.2) is 13.5 Å². The number of aryl methyl sites for hydroxylation is 1. The van der Waals surface area contributed by atoms with Crippen LogP contribution in [0.25, 0.3) is 0 Å². The van der Waals surface area contributed by atoms with E-state index < -0.39 is 9.84 Å². The van der Waals surface area contributed by atoms with Gasteiger partial charge in [0.2, 0.25) is 9.84 Å². The van der Waals surface area contributed by atoms with E-state index in [0.717, 1.165) is 5.56 Å². The fourth-order valence-electron chi connectivity index (χ4n) is 1.53. The molecule has 0 aliphatic heterocycles. The van der Waals surface area contributed by atoms with E-state index in [1.165, 1.54) is 24.3 Å². The number of aromatic hydroxyl groups is 1. The van der Waals surface area contributed by atoms with Gasteiger partial charge in [-0.25, -0.2) is 8.42 Å². The van der Waals surface area contributed by atoms with Gasteiger partial charge in [0.15, 0.2) is 0 Å². The second-order valence-corrected chi connectivity index (χ2v) is 5.70. The number of phenols is 1. The standard InChI is InChI=1S/C13H12O3S/c1-10-6-8-11(9-7-10)17(15,16)13-5-3-2-4-12(13)14/h2-9,14H,1H3. The smallest absolute Gasteiger partial charge is 0.210 e. The average Bonchev–Trinajstić information content (AvgIpc) is 2.30. The van der Waals surface area contributed by atoms with E-state index in [2.05, 4.69) is 0 Å². The van der Waals surface area contributed by atoms with Crippen LogP contribution in [0.15, 0.2) is 58.3 Å². The number of hydrogen-bond acceptors (Lipinski definition) is 3. The molecule has 0 aliphatic rings. The molecule has 0 aliphatic carbocycles. The Morgan fingerprint density at radius 1 is 0.941 bits per heavy atom. The van der Waals surface area contributed by atoms with Crippen LogP contribution in [0, 0.1) is 6.92 Å². The normalized spacial score (nSPS) is 11.4. The van der Waals surface area contributed by atoms with Crippen molar-refractivity contribution in [3.8, 4) is 5.75 Å². The van der Waals surface area contributed by atoms with E-state index in [9.17, 15) is 13.5 Å². The van der Waals surface area contributed by atoms with Gasteiger partial charge in [-0.05, 0) is 31.2 Å². The molecule has 0 saturated carbocycles. The van der Waals surface area contributed by atoms with E-state index in [1.807, 2.05) is 6.92 Å². The Morgan fingerprint density at radius 3 is 2.12 bits per heavy atom. The zero-order valence-electron chi connectivity index (χ0n) is 9.29. The summed E-state index contributed by atoms with van der Waals surface area (Å²) in [7, 11) is -3.64. The number of phenolic OH excluding ortho intramolecular Hbond substituents is 1. The summed E-state index contributed by atoms with van der Waals surface area (Å²) in [6.07, 6.45) is 0. The van der Waals surface area contributed by atoms with E-state index >= 15 is 0 Å². The Labute approximate surface area is 100 Å². The summed E-state index contributed by atoms with van der Waals surface area (Å²) >= 11 is 0. The molecule has 0 heterocycles. The molecule has 0 spiro atoms. The molecule has 0 aromatic heterocycles. The molecule has 2 rings (SSSR count). The summed E-state index contributed by atoms with van der Waals surface area (Å²) in [5.41, 5.74) is 0.987. The van der Waals surface area contributed by atoms with E-state index in [1.54, 1.807) is 24.3 Å². The lowest BCUT2D eigenvalue weighted by Gasteiger charge is -2.06. The maximum Gasteiger partial charge on any atom is 0.210 e. The molecule has 0 amide bonds. The molecule has 88 valence electrons. The van der Waals surface area contributed by atoms with Crippen molar-refractivity contribution in [2.75, 3.05) is 0 Å². The van der Waals surface area contributed by atoms with Crippen LogP contribution in [0.5, 0.6) is 5.75 Å². The van der Waals surface area contributed by atoms with Gasteiger partial charge in [-0.2, -0.15) is 0 Å². The van der Waals surface area contributed by atoms with Crippen molar-refractivity contribution in [3.63, 3.8) is 0 Å². The van der Waals surface area contributed by atoms with Crippen LogP contribution in [-0.2, 0) is 9.84 Å². The molecule has 0 unspecified atom stereocenters. The predicted molar refractivity (Wildman–Crippen MR) is 64.7 cm³/mol. The maximum absolute atomic E-state index is 12.2. The van der Waals surface area contributed by atoms with Crippen molar-refractivity contribution in [1.29, 1.82) is 0 Å². The molecule has 3 nitrogen and oxygen atoms in total. The van der Waals surface area contributed by atoms with E-state index in [4.69, 9.17) is 0 Å². The highest BCUT2D eigenvalue weighted by Crippen LogP contribution is 2.28. The SMILES string of the molecule is Cc1ccc(S(=O)(=O)c2ccccc2O)cc1. The minimum absolute atomic E-state index is 0.0659. The zero-order valence-corrected chi connectivity index (χ0v) is 10.1. The Hall–Kier alpha value is -1.81. The van der Waals surface area contributed by atoms with Gasteiger partial charge in [-0.15, -0.1) is 0 Å². The third-order valence-corrected chi connectivity index (χ3v) is 4.30. The third kappa shape index (κ3) is 2.17.